The molecular weight excluding hydrogens is 244 g/mol. The van der Waals surface area contributed by atoms with Crippen molar-refractivity contribution >= 4 is 23.4 Å². The highest BCUT2D eigenvalue weighted by atomic mass is 35.5. The number of aliphatic hydroxyl groups excluding tert-OH is 1. The fourth-order valence-electron chi connectivity index (χ4n) is 1.36. The molecule has 1 unspecified atom stereocenters. The van der Waals surface area contributed by atoms with Crippen molar-refractivity contribution in [3.05, 3.63) is 28.8 Å². The van der Waals surface area contributed by atoms with Gasteiger partial charge in [-0.15, -0.1) is 0 Å². The van der Waals surface area contributed by atoms with Crippen molar-refractivity contribution < 1.29 is 9.84 Å². The standard InChI is InChI=1S/C12H17ClO2S/c1-9(5-6-14)16-8-10-7-11(13)3-4-12(10)15-2/h3-4,7,9,14H,5-6,8H2,1-2H3. The third kappa shape index (κ3) is 4.24. The van der Waals surface area contributed by atoms with Crippen LogP contribution in [0.15, 0.2) is 18.2 Å². The molecule has 0 radical (unpaired) electrons. The zero-order valence-electron chi connectivity index (χ0n) is 9.57. The summed E-state index contributed by atoms with van der Waals surface area (Å²) in [7, 11) is 1.66. The van der Waals surface area contributed by atoms with E-state index < -0.39 is 0 Å². The Bertz CT molecular complexity index is 331. The van der Waals surface area contributed by atoms with Gasteiger partial charge in [0.2, 0.25) is 0 Å². The fourth-order valence-corrected chi connectivity index (χ4v) is 2.51. The van der Waals surface area contributed by atoms with Crippen LogP contribution < -0.4 is 4.74 Å². The molecule has 1 rings (SSSR count). The predicted molar refractivity (Wildman–Crippen MR) is 70.5 cm³/mol. The van der Waals surface area contributed by atoms with Crippen LogP contribution in [-0.4, -0.2) is 24.1 Å². The molecule has 1 N–H and O–H groups in total. The molecule has 90 valence electrons. The second-order valence-electron chi connectivity index (χ2n) is 3.59. The van der Waals surface area contributed by atoms with Crippen molar-refractivity contribution in [3.8, 4) is 5.75 Å². The first-order chi connectivity index (χ1) is 7.67. The number of methoxy groups -OCH3 is 1. The molecule has 0 bridgehead atoms. The quantitative estimate of drug-likeness (QED) is 0.851. The van der Waals surface area contributed by atoms with Gasteiger partial charge in [0.1, 0.15) is 5.75 Å². The van der Waals surface area contributed by atoms with Gasteiger partial charge < -0.3 is 9.84 Å². The lowest BCUT2D eigenvalue weighted by atomic mass is 10.2. The normalized spacial score (nSPS) is 12.5. The summed E-state index contributed by atoms with van der Waals surface area (Å²) in [5.41, 5.74) is 1.10. The minimum atomic E-state index is 0.237. The molecule has 0 saturated heterocycles. The predicted octanol–water partition coefficient (Wildman–Crippen LogP) is 3.35. The van der Waals surface area contributed by atoms with Crippen LogP contribution in [0.5, 0.6) is 5.75 Å². The van der Waals surface area contributed by atoms with E-state index in [0.29, 0.717) is 5.25 Å². The summed E-state index contributed by atoms with van der Waals surface area (Å²) < 4.78 is 5.27. The van der Waals surface area contributed by atoms with Gasteiger partial charge in [-0.2, -0.15) is 11.8 Å². The van der Waals surface area contributed by atoms with E-state index in [-0.39, 0.29) is 6.61 Å². The van der Waals surface area contributed by atoms with Crippen LogP contribution in [0.25, 0.3) is 0 Å². The highest BCUT2D eigenvalue weighted by Gasteiger charge is 2.07. The zero-order chi connectivity index (χ0) is 12.0. The zero-order valence-corrected chi connectivity index (χ0v) is 11.1. The summed E-state index contributed by atoms with van der Waals surface area (Å²) in [6, 6.07) is 5.64. The maximum atomic E-state index is 8.82. The maximum absolute atomic E-state index is 8.82. The first-order valence-corrected chi connectivity index (χ1v) is 6.65. The van der Waals surface area contributed by atoms with Crippen LogP contribution in [-0.2, 0) is 5.75 Å². The number of hydrogen-bond acceptors (Lipinski definition) is 3. The van der Waals surface area contributed by atoms with E-state index in [1.807, 2.05) is 18.2 Å². The van der Waals surface area contributed by atoms with Crippen molar-refractivity contribution in [2.45, 2.75) is 24.3 Å². The van der Waals surface area contributed by atoms with Gasteiger partial charge in [-0.05, 0) is 24.6 Å². The van der Waals surface area contributed by atoms with Gasteiger partial charge in [0, 0.05) is 28.2 Å². The molecule has 0 amide bonds. The van der Waals surface area contributed by atoms with Crippen molar-refractivity contribution in [2.75, 3.05) is 13.7 Å². The highest BCUT2D eigenvalue weighted by Crippen LogP contribution is 2.28. The highest BCUT2D eigenvalue weighted by molar-refractivity contribution is 7.99. The third-order valence-electron chi connectivity index (χ3n) is 2.30. The second kappa shape index (κ2) is 7.05. The van der Waals surface area contributed by atoms with E-state index in [4.69, 9.17) is 21.4 Å². The van der Waals surface area contributed by atoms with E-state index in [1.165, 1.54) is 0 Å². The Labute approximate surface area is 106 Å². The van der Waals surface area contributed by atoms with E-state index in [0.717, 1.165) is 28.5 Å². The molecule has 0 spiro atoms. The Balaban J connectivity index is 2.61. The SMILES string of the molecule is COc1ccc(Cl)cc1CSC(C)CCO. The number of hydrogen-bond donors (Lipinski definition) is 1. The summed E-state index contributed by atoms with van der Waals surface area (Å²) in [6.07, 6.45) is 0.813. The number of ether oxygens (including phenoxy) is 1. The first kappa shape index (κ1) is 13.7. The molecule has 0 heterocycles. The lowest BCUT2D eigenvalue weighted by Crippen LogP contribution is -2.00. The minimum absolute atomic E-state index is 0.237. The monoisotopic (exact) mass is 260 g/mol. The molecule has 0 saturated carbocycles. The Morgan fingerprint density at radius 1 is 1.50 bits per heavy atom. The molecule has 0 aliphatic rings. The van der Waals surface area contributed by atoms with Gasteiger partial charge >= 0.3 is 0 Å². The number of rotatable bonds is 6. The minimum Gasteiger partial charge on any atom is -0.496 e. The number of benzene rings is 1. The average molecular weight is 261 g/mol. The Hall–Kier alpha value is -0.380. The van der Waals surface area contributed by atoms with Crippen LogP contribution >= 0.6 is 23.4 Å². The molecule has 4 heteroatoms. The first-order valence-electron chi connectivity index (χ1n) is 5.22. The lowest BCUT2D eigenvalue weighted by Gasteiger charge is -2.12. The Morgan fingerprint density at radius 2 is 2.25 bits per heavy atom. The van der Waals surface area contributed by atoms with E-state index in [9.17, 15) is 0 Å². The summed E-state index contributed by atoms with van der Waals surface area (Å²) in [4.78, 5) is 0. The smallest absolute Gasteiger partial charge is 0.122 e. The molecule has 0 aliphatic carbocycles. The van der Waals surface area contributed by atoms with Gasteiger partial charge in [-0.25, -0.2) is 0 Å². The van der Waals surface area contributed by atoms with Gasteiger partial charge in [-0.3, -0.25) is 0 Å². The molecule has 1 aromatic rings. The molecule has 1 atom stereocenters. The molecule has 2 nitrogen and oxygen atoms in total. The van der Waals surface area contributed by atoms with Crippen molar-refractivity contribution in [2.24, 2.45) is 0 Å². The maximum Gasteiger partial charge on any atom is 0.122 e. The Morgan fingerprint density at radius 3 is 2.88 bits per heavy atom. The fraction of sp³-hybridized carbons (Fsp3) is 0.500. The Kier molecular flexibility index (Phi) is 6.03. The summed E-state index contributed by atoms with van der Waals surface area (Å²) in [5, 5.41) is 9.99. The molecule has 0 aromatic heterocycles. The van der Waals surface area contributed by atoms with Gasteiger partial charge in [0.25, 0.3) is 0 Å². The van der Waals surface area contributed by atoms with Crippen LogP contribution in [0.3, 0.4) is 0 Å². The van der Waals surface area contributed by atoms with Crippen molar-refractivity contribution in [1.29, 1.82) is 0 Å². The number of aliphatic hydroxyl groups is 1. The van der Waals surface area contributed by atoms with E-state index in [1.54, 1.807) is 18.9 Å². The van der Waals surface area contributed by atoms with Crippen LogP contribution in [0.2, 0.25) is 5.02 Å². The van der Waals surface area contributed by atoms with Crippen LogP contribution in [0, 0.1) is 0 Å². The van der Waals surface area contributed by atoms with Crippen LogP contribution in [0.4, 0.5) is 0 Å². The lowest BCUT2D eigenvalue weighted by molar-refractivity contribution is 0.289. The second-order valence-corrected chi connectivity index (χ2v) is 5.45. The van der Waals surface area contributed by atoms with Gasteiger partial charge in [-0.1, -0.05) is 18.5 Å². The van der Waals surface area contributed by atoms with Gasteiger partial charge in [0.05, 0.1) is 7.11 Å². The van der Waals surface area contributed by atoms with Gasteiger partial charge in [0.15, 0.2) is 0 Å². The van der Waals surface area contributed by atoms with Crippen molar-refractivity contribution in [3.63, 3.8) is 0 Å². The molecule has 1 aromatic carbocycles. The average Bonchev–Trinajstić information content (AvgIpc) is 2.27. The third-order valence-corrected chi connectivity index (χ3v) is 3.82. The van der Waals surface area contributed by atoms with E-state index >= 15 is 0 Å². The van der Waals surface area contributed by atoms with E-state index in [2.05, 4.69) is 6.92 Å². The topological polar surface area (TPSA) is 29.5 Å². The molecule has 0 aliphatic heterocycles. The molecular formula is C12H17ClO2S. The number of halogens is 1. The largest absolute Gasteiger partial charge is 0.496 e. The van der Waals surface area contributed by atoms with Crippen LogP contribution in [0.1, 0.15) is 18.9 Å². The van der Waals surface area contributed by atoms with Crippen molar-refractivity contribution in [1.82, 2.24) is 0 Å². The molecule has 16 heavy (non-hydrogen) atoms. The summed E-state index contributed by atoms with van der Waals surface area (Å²) >= 11 is 7.74. The summed E-state index contributed by atoms with van der Waals surface area (Å²) in [5.74, 6) is 1.72. The molecule has 0 fully saturated rings. The number of thioether (sulfide) groups is 1. The summed E-state index contributed by atoms with van der Waals surface area (Å²) in [6.45, 7) is 2.35.